The average molecular weight is 388 g/mol. The Morgan fingerprint density at radius 1 is 1.11 bits per heavy atom. The fourth-order valence-corrected chi connectivity index (χ4v) is 4.22. The number of sulfonamides is 1. The molecule has 2 aromatic rings. The molecule has 27 heavy (non-hydrogen) atoms. The summed E-state index contributed by atoms with van der Waals surface area (Å²) in [4.78, 5) is 14.4. The summed E-state index contributed by atoms with van der Waals surface area (Å²) in [6.07, 6.45) is 1.81. The second-order valence-electron chi connectivity index (χ2n) is 7.08. The van der Waals surface area contributed by atoms with Gasteiger partial charge >= 0.3 is 0 Å². The van der Waals surface area contributed by atoms with Crippen molar-refractivity contribution in [1.29, 1.82) is 0 Å². The summed E-state index contributed by atoms with van der Waals surface area (Å²) >= 11 is 0. The molecule has 6 nitrogen and oxygen atoms in total. The molecular formula is C20H25N3O3S. The number of hydrogen-bond acceptors (Lipinski definition) is 4. The van der Waals surface area contributed by atoms with Gasteiger partial charge in [0.15, 0.2) is 0 Å². The second-order valence-corrected chi connectivity index (χ2v) is 8.76. The molecule has 1 amide bonds. The van der Waals surface area contributed by atoms with Crippen LogP contribution in [-0.4, -0.2) is 38.4 Å². The molecule has 0 spiro atoms. The predicted octanol–water partition coefficient (Wildman–Crippen LogP) is 2.67. The number of hydrogen-bond donors (Lipinski definition) is 2. The Hall–Kier alpha value is -2.38. The fourth-order valence-electron chi connectivity index (χ4n) is 3.17. The van der Waals surface area contributed by atoms with Crippen LogP contribution in [-0.2, 0) is 10.0 Å². The highest BCUT2D eigenvalue weighted by Crippen LogP contribution is 2.20. The molecule has 0 radical (unpaired) electrons. The van der Waals surface area contributed by atoms with Crippen LogP contribution < -0.4 is 10.5 Å². The van der Waals surface area contributed by atoms with E-state index in [4.69, 9.17) is 5.73 Å². The predicted molar refractivity (Wildman–Crippen MR) is 106 cm³/mol. The average Bonchev–Trinajstić information content (AvgIpc) is 2.64. The van der Waals surface area contributed by atoms with Gasteiger partial charge in [-0.25, -0.2) is 8.42 Å². The molecule has 1 fully saturated rings. The van der Waals surface area contributed by atoms with E-state index < -0.39 is 10.0 Å². The van der Waals surface area contributed by atoms with Crippen molar-refractivity contribution in [2.45, 2.75) is 37.6 Å². The maximum absolute atomic E-state index is 12.6. The molecule has 1 atom stereocenters. The maximum atomic E-state index is 12.6. The van der Waals surface area contributed by atoms with Gasteiger partial charge in [-0.1, -0.05) is 6.07 Å². The topological polar surface area (TPSA) is 92.5 Å². The summed E-state index contributed by atoms with van der Waals surface area (Å²) in [7, 11) is -3.71. The van der Waals surface area contributed by atoms with Crippen molar-refractivity contribution in [1.82, 2.24) is 4.90 Å². The van der Waals surface area contributed by atoms with Gasteiger partial charge in [-0.2, -0.15) is 0 Å². The standard InChI is InChI=1S/C20H25N3O3S/c1-14-5-8-18(12-15(14)2)22-27(25,26)19-9-6-16(7-10-19)20(24)23-11-3-4-17(21)13-23/h5-10,12,17,22H,3-4,11,13,21H2,1-2H3. The molecule has 0 aromatic heterocycles. The number of nitrogens with two attached hydrogens (primary N) is 1. The first kappa shape index (κ1) is 19.4. The largest absolute Gasteiger partial charge is 0.337 e. The highest BCUT2D eigenvalue weighted by atomic mass is 32.2. The molecule has 144 valence electrons. The van der Waals surface area contributed by atoms with E-state index in [1.54, 1.807) is 29.2 Å². The van der Waals surface area contributed by atoms with Gasteiger partial charge in [-0.3, -0.25) is 9.52 Å². The van der Waals surface area contributed by atoms with Crippen molar-refractivity contribution >= 4 is 21.6 Å². The molecule has 1 aliphatic rings. The van der Waals surface area contributed by atoms with Gasteiger partial charge in [0, 0.05) is 30.4 Å². The normalized spacial score (nSPS) is 17.6. The number of rotatable bonds is 4. The molecule has 7 heteroatoms. The molecule has 1 heterocycles. The van der Waals surface area contributed by atoms with Crippen LogP contribution in [0.4, 0.5) is 5.69 Å². The first-order valence-corrected chi connectivity index (χ1v) is 10.5. The van der Waals surface area contributed by atoms with Crippen molar-refractivity contribution in [2.24, 2.45) is 5.73 Å². The smallest absolute Gasteiger partial charge is 0.261 e. The zero-order valence-electron chi connectivity index (χ0n) is 15.6. The monoisotopic (exact) mass is 387 g/mol. The number of carbonyl (C=O) groups is 1. The Morgan fingerprint density at radius 3 is 2.44 bits per heavy atom. The Labute approximate surface area is 160 Å². The molecule has 3 N–H and O–H groups in total. The van der Waals surface area contributed by atoms with E-state index >= 15 is 0 Å². The number of carbonyl (C=O) groups excluding carboxylic acids is 1. The van der Waals surface area contributed by atoms with Crippen molar-refractivity contribution < 1.29 is 13.2 Å². The van der Waals surface area contributed by atoms with Gasteiger partial charge in [-0.15, -0.1) is 0 Å². The lowest BCUT2D eigenvalue weighted by Crippen LogP contribution is -2.45. The Bertz CT molecular complexity index is 939. The number of nitrogens with zero attached hydrogens (tertiary/aromatic N) is 1. The number of amides is 1. The number of piperidine rings is 1. The molecule has 0 aliphatic carbocycles. The summed E-state index contributed by atoms with van der Waals surface area (Å²) in [6.45, 7) is 5.12. The summed E-state index contributed by atoms with van der Waals surface area (Å²) in [5, 5.41) is 0. The van der Waals surface area contributed by atoms with Crippen LogP contribution in [0, 0.1) is 13.8 Å². The summed E-state index contributed by atoms with van der Waals surface area (Å²) in [5.74, 6) is -0.115. The minimum atomic E-state index is -3.71. The van der Waals surface area contributed by atoms with E-state index in [0.717, 1.165) is 24.0 Å². The molecule has 1 unspecified atom stereocenters. The third-order valence-corrected chi connectivity index (χ3v) is 6.31. The molecule has 0 bridgehead atoms. The van der Waals surface area contributed by atoms with Crippen molar-refractivity contribution in [2.75, 3.05) is 17.8 Å². The van der Waals surface area contributed by atoms with E-state index in [2.05, 4.69) is 4.72 Å². The zero-order valence-corrected chi connectivity index (χ0v) is 16.4. The van der Waals surface area contributed by atoms with Crippen LogP contribution in [0.5, 0.6) is 0 Å². The lowest BCUT2D eigenvalue weighted by atomic mass is 10.1. The van der Waals surface area contributed by atoms with E-state index in [1.165, 1.54) is 12.1 Å². The highest BCUT2D eigenvalue weighted by molar-refractivity contribution is 7.92. The first-order valence-electron chi connectivity index (χ1n) is 9.01. The lowest BCUT2D eigenvalue weighted by Gasteiger charge is -2.30. The van der Waals surface area contributed by atoms with Gasteiger partial charge in [0.2, 0.25) is 0 Å². The van der Waals surface area contributed by atoms with Crippen LogP contribution in [0.2, 0.25) is 0 Å². The van der Waals surface area contributed by atoms with Gasteiger partial charge < -0.3 is 10.6 Å². The molecule has 0 saturated carbocycles. The van der Waals surface area contributed by atoms with Crippen molar-refractivity contribution in [3.63, 3.8) is 0 Å². The third kappa shape index (κ3) is 4.48. The quantitative estimate of drug-likeness (QED) is 0.844. The molecule has 2 aromatic carbocycles. The van der Waals surface area contributed by atoms with Crippen molar-refractivity contribution in [3.8, 4) is 0 Å². The molecule has 1 aliphatic heterocycles. The van der Waals surface area contributed by atoms with Crippen LogP contribution in [0.25, 0.3) is 0 Å². The molecule has 1 saturated heterocycles. The van der Waals surface area contributed by atoms with Gasteiger partial charge in [0.1, 0.15) is 0 Å². The summed E-state index contributed by atoms with van der Waals surface area (Å²) in [6, 6.07) is 11.4. The number of likely N-dealkylation sites (tertiary alicyclic amines) is 1. The number of anilines is 1. The SMILES string of the molecule is Cc1ccc(NS(=O)(=O)c2ccc(C(=O)N3CCCC(N)C3)cc2)cc1C. The van der Waals surface area contributed by atoms with Gasteiger partial charge in [-0.05, 0) is 74.2 Å². The summed E-state index contributed by atoms with van der Waals surface area (Å²) in [5.41, 5.74) is 9.02. The third-order valence-electron chi connectivity index (χ3n) is 4.92. The molecule has 3 rings (SSSR count). The van der Waals surface area contributed by atoms with Crippen molar-refractivity contribution in [3.05, 3.63) is 59.2 Å². The minimum Gasteiger partial charge on any atom is -0.337 e. The number of nitrogens with one attached hydrogen (secondary N) is 1. The zero-order chi connectivity index (χ0) is 19.6. The second kappa shape index (κ2) is 7.70. The summed E-state index contributed by atoms with van der Waals surface area (Å²) < 4.78 is 27.8. The Balaban J connectivity index is 1.75. The van der Waals surface area contributed by atoms with Crippen LogP contribution in [0.3, 0.4) is 0 Å². The minimum absolute atomic E-state index is 0.00418. The number of benzene rings is 2. The lowest BCUT2D eigenvalue weighted by molar-refractivity contribution is 0.0708. The Morgan fingerprint density at radius 2 is 1.81 bits per heavy atom. The van der Waals surface area contributed by atoms with Crippen LogP contribution in [0.15, 0.2) is 47.4 Å². The Kier molecular flexibility index (Phi) is 5.53. The van der Waals surface area contributed by atoms with Gasteiger partial charge in [0.25, 0.3) is 15.9 Å². The van der Waals surface area contributed by atoms with E-state index in [1.807, 2.05) is 19.9 Å². The van der Waals surface area contributed by atoms with E-state index in [0.29, 0.717) is 24.3 Å². The number of aryl methyl sites for hydroxylation is 2. The van der Waals surface area contributed by atoms with Crippen LogP contribution in [0.1, 0.15) is 34.3 Å². The van der Waals surface area contributed by atoms with Crippen LogP contribution >= 0.6 is 0 Å². The fraction of sp³-hybridized carbons (Fsp3) is 0.350. The maximum Gasteiger partial charge on any atom is 0.261 e. The molecular weight excluding hydrogens is 362 g/mol. The first-order chi connectivity index (χ1) is 12.8. The van der Waals surface area contributed by atoms with E-state index in [-0.39, 0.29) is 16.8 Å². The highest BCUT2D eigenvalue weighted by Gasteiger charge is 2.23. The van der Waals surface area contributed by atoms with E-state index in [9.17, 15) is 13.2 Å². The van der Waals surface area contributed by atoms with Gasteiger partial charge in [0.05, 0.1) is 4.90 Å².